The van der Waals surface area contributed by atoms with Gasteiger partial charge in [0.15, 0.2) is 26.8 Å². The highest BCUT2D eigenvalue weighted by atomic mass is 32.2. The van der Waals surface area contributed by atoms with E-state index in [4.69, 9.17) is 9.26 Å². The Balaban J connectivity index is 1.35. The minimum Gasteiger partial charge on any atom is -0.473 e. The molecule has 1 aromatic carbocycles. The lowest BCUT2D eigenvalue weighted by molar-refractivity contribution is 0.135. The number of benzene rings is 1. The first-order valence-electron chi connectivity index (χ1n) is 11.5. The number of fused-ring (bicyclic) bond motifs is 1. The molecule has 1 fully saturated rings. The van der Waals surface area contributed by atoms with E-state index in [0.717, 1.165) is 38.0 Å². The maximum atomic E-state index is 14.8. The summed E-state index contributed by atoms with van der Waals surface area (Å²) in [7, 11) is -3.93. The molecule has 0 radical (unpaired) electrons. The summed E-state index contributed by atoms with van der Waals surface area (Å²) in [4.78, 5) is 16.4. The lowest BCUT2D eigenvalue weighted by Gasteiger charge is -2.26. The maximum absolute atomic E-state index is 14.8. The van der Waals surface area contributed by atoms with Crippen LogP contribution in [0.15, 0.2) is 34.2 Å². The van der Waals surface area contributed by atoms with E-state index >= 15 is 0 Å². The number of hydrogen-bond donors (Lipinski definition) is 0. The lowest BCUT2D eigenvalue weighted by atomic mass is 9.87. The highest BCUT2D eigenvalue weighted by Gasteiger charge is 2.29. The van der Waals surface area contributed by atoms with Crippen LogP contribution in [0.2, 0.25) is 0 Å². The molecule has 4 aromatic rings. The van der Waals surface area contributed by atoms with Crippen LogP contribution in [-0.4, -0.2) is 50.4 Å². The van der Waals surface area contributed by atoms with Crippen LogP contribution in [0.1, 0.15) is 63.1 Å². The number of imidazole rings is 1. The molecular weight excluding hydrogens is 494 g/mol. The molecule has 13 heteroatoms. The molecular formula is C23H24F2N6O4S. The Morgan fingerprint density at radius 3 is 2.50 bits per heavy atom. The van der Waals surface area contributed by atoms with Crippen molar-refractivity contribution < 1.29 is 26.5 Å². The third-order valence-corrected chi connectivity index (χ3v) is 7.35. The zero-order valence-electron chi connectivity index (χ0n) is 19.9. The van der Waals surface area contributed by atoms with Crippen molar-refractivity contribution in [3.8, 4) is 11.6 Å². The van der Waals surface area contributed by atoms with Crippen molar-refractivity contribution in [2.75, 3.05) is 6.26 Å². The Morgan fingerprint density at radius 2 is 1.83 bits per heavy atom. The van der Waals surface area contributed by atoms with Gasteiger partial charge >= 0.3 is 0 Å². The highest BCUT2D eigenvalue weighted by molar-refractivity contribution is 7.90. The Labute approximate surface area is 205 Å². The lowest BCUT2D eigenvalue weighted by Crippen LogP contribution is -2.24. The van der Waals surface area contributed by atoms with Crippen LogP contribution in [0.3, 0.4) is 0 Å². The minimum absolute atomic E-state index is 0.125. The fourth-order valence-electron chi connectivity index (χ4n) is 4.30. The van der Waals surface area contributed by atoms with Gasteiger partial charge in [-0.05, 0) is 31.7 Å². The van der Waals surface area contributed by atoms with Gasteiger partial charge in [-0.2, -0.15) is 9.97 Å². The number of aromatic nitrogens is 6. The summed E-state index contributed by atoms with van der Waals surface area (Å²) in [6.45, 7) is 4.03. The quantitative estimate of drug-likeness (QED) is 0.371. The van der Waals surface area contributed by atoms with Gasteiger partial charge < -0.3 is 9.26 Å². The van der Waals surface area contributed by atoms with Crippen molar-refractivity contribution in [3.05, 3.63) is 48.1 Å². The predicted octanol–water partition coefficient (Wildman–Crippen LogP) is 4.11. The van der Waals surface area contributed by atoms with Crippen molar-refractivity contribution in [1.29, 1.82) is 0 Å². The molecule has 1 saturated carbocycles. The van der Waals surface area contributed by atoms with Crippen LogP contribution in [0.4, 0.5) is 8.78 Å². The normalized spacial score (nSPS) is 18.7. The molecule has 0 spiro atoms. The van der Waals surface area contributed by atoms with Crippen molar-refractivity contribution in [1.82, 2.24) is 29.7 Å². The second kappa shape index (κ2) is 9.19. The second-order valence-electron chi connectivity index (χ2n) is 9.21. The molecule has 36 heavy (non-hydrogen) atoms. The molecule has 3 heterocycles. The summed E-state index contributed by atoms with van der Waals surface area (Å²) < 4.78 is 65.4. The van der Waals surface area contributed by atoms with Crippen molar-refractivity contribution in [2.24, 2.45) is 0 Å². The van der Waals surface area contributed by atoms with Gasteiger partial charge in [0, 0.05) is 24.2 Å². The van der Waals surface area contributed by atoms with Crippen LogP contribution < -0.4 is 4.74 Å². The third kappa shape index (κ3) is 4.54. The second-order valence-corrected chi connectivity index (χ2v) is 11.2. The molecule has 0 amide bonds. The largest absolute Gasteiger partial charge is 0.473 e. The number of rotatable bonds is 6. The Bertz CT molecular complexity index is 1530. The van der Waals surface area contributed by atoms with Gasteiger partial charge in [-0.3, -0.25) is 4.57 Å². The molecule has 0 N–H and O–H groups in total. The molecule has 5 rings (SSSR count). The zero-order chi connectivity index (χ0) is 25.6. The highest BCUT2D eigenvalue weighted by Crippen LogP contribution is 2.35. The SMILES string of the molecule is CC(C)c1noc(C2CCC(Oc3ncnc4c3ncn4-c3cc(F)c(S(C)(=O)=O)cc3F)CC2)n1. The molecule has 1 aliphatic rings. The molecule has 3 aromatic heterocycles. The molecule has 0 aliphatic heterocycles. The number of nitrogens with zero attached hydrogens (tertiary/aromatic N) is 6. The topological polar surface area (TPSA) is 126 Å². The molecule has 0 unspecified atom stereocenters. The van der Waals surface area contributed by atoms with Gasteiger partial charge in [-0.15, -0.1) is 0 Å². The molecule has 0 saturated heterocycles. The predicted molar refractivity (Wildman–Crippen MR) is 124 cm³/mol. The van der Waals surface area contributed by atoms with E-state index in [1.807, 2.05) is 13.8 Å². The smallest absolute Gasteiger partial charge is 0.245 e. The minimum atomic E-state index is -3.93. The van der Waals surface area contributed by atoms with Gasteiger partial charge in [0.2, 0.25) is 11.8 Å². The van der Waals surface area contributed by atoms with E-state index in [1.54, 1.807) is 0 Å². The fourth-order valence-corrected chi connectivity index (χ4v) is 5.03. The fraction of sp³-hybridized carbons (Fsp3) is 0.435. The summed E-state index contributed by atoms with van der Waals surface area (Å²) in [6.07, 6.45) is 6.31. The van der Waals surface area contributed by atoms with Crippen LogP contribution in [0.5, 0.6) is 5.88 Å². The molecule has 10 nitrogen and oxygen atoms in total. The van der Waals surface area contributed by atoms with E-state index in [9.17, 15) is 17.2 Å². The van der Waals surface area contributed by atoms with E-state index in [1.165, 1.54) is 17.2 Å². The van der Waals surface area contributed by atoms with E-state index in [-0.39, 0.29) is 40.7 Å². The Morgan fingerprint density at radius 1 is 1.08 bits per heavy atom. The first-order valence-corrected chi connectivity index (χ1v) is 13.4. The van der Waals surface area contributed by atoms with Crippen LogP contribution in [0, 0.1) is 11.6 Å². The maximum Gasteiger partial charge on any atom is 0.245 e. The van der Waals surface area contributed by atoms with Crippen LogP contribution in [0.25, 0.3) is 16.9 Å². The monoisotopic (exact) mass is 518 g/mol. The molecule has 190 valence electrons. The van der Waals surface area contributed by atoms with Gasteiger partial charge in [0.05, 0.1) is 5.69 Å². The average molecular weight is 519 g/mol. The number of hydrogen-bond acceptors (Lipinski definition) is 9. The van der Waals surface area contributed by atoms with Gasteiger partial charge in [0.1, 0.15) is 35.3 Å². The first kappa shape index (κ1) is 24.2. The number of ether oxygens (including phenoxy) is 1. The average Bonchev–Trinajstić information content (AvgIpc) is 3.49. The Hall–Kier alpha value is -3.48. The van der Waals surface area contributed by atoms with E-state index in [0.29, 0.717) is 17.8 Å². The molecule has 0 bridgehead atoms. The summed E-state index contributed by atoms with van der Waals surface area (Å²) in [5, 5.41) is 4.04. The summed E-state index contributed by atoms with van der Waals surface area (Å²) in [5.74, 6) is -0.0548. The van der Waals surface area contributed by atoms with Crippen LogP contribution >= 0.6 is 0 Å². The van der Waals surface area contributed by atoms with Crippen LogP contribution in [-0.2, 0) is 9.84 Å². The summed E-state index contributed by atoms with van der Waals surface area (Å²) >= 11 is 0. The van der Waals surface area contributed by atoms with Crippen molar-refractivity contribution >= 4 is 21.0 Å². The summed E-state index contributed by atoms with van der Waals surface area (Å²) in [5.41, 5.74) is 0.254. The number of halogens is 2. The van der Waals surface area contributed by atoms with E-state index in [2.05, 4.69) is 25.1 Å². The van der Waals surface area contributed by atoms with E-state index < -0.39 is 26.4 Å². The van der Waals surface area contributed by atoms with Crippen molar-refractivity contribution in [2.45, 2.75) is 62.4 Å². The summed E-state index contributed by atoms with van der Waals surface area (Å²) in [6, 6.07) is 1.45. The first-order chi connectivity index (χ1) is 17.1. The molecule has 0 atom stereocenters. The molecule has 1 aliphatic carbocycles. The third-order valence-electron chi connectivity index (χ3n) is 6.24. The van der Waals surface area contributed by atoms with Gasteiger partial charge in [-0.1, -0.05) is 19.0 Å². The number of sulfone groups is 1. The van der Waals surface area contributed by atoms with Crippen molar-refractivity contribution in [3.63, 3.8) is 0 Å². The zero-order valence-corrected chi connectivity index (χ0v) is 20.7. The van der Waals surface area contributed by atoms with Gasteiger partial charge in [0.25, 0.3) is 0 Å². The standard InChI is InChI=1S/C23H24F2N6O4S/c1-12(2)20-29-22(35-30-20)13-4-6-14(7-5-13)34-23-19-21(26-10-27-23)31(11-28-19)17-8-16(25)18(9-15(17)24)36(3,32)33/h8-14H,4-7H2,1-3H3. The Kier molecular flexibility index (Phi) is 6.18. The van der Waals surface area contributed by atoms with Gasteiger partial charge in [-0.25, -0.2) is 27.2 Å².